The molecule has 0 unspecified atom stereocenters. The summed E-state index contributed by atoms with van der Waals surface area (Å²) in [6.45, 7) is 2.07. The second-order valence-corrected chi connectivity index (χ2v) is 4.74. The average molecular weight is 232 g/mol. The minimum absolute atomic E-state index is 0.145. The maximum absolute atomic E-state index is 11.9. The van der Waals surface area contributed by atoms with E-state index in [-0.39, 0.29) is 11.8 Å². The van der Waals surface area contributed by atoms with Gasteiger partial charge in [0.25, 0.3) is 0 Å². The predicted molar refractivity (Wildman–Crippen MR) is 70.8 cm³/mol. The number of rotatable bonds is 3. The summed E-state index contributed by atoms with van der Waals surface area (Å²) in [7, 11) is 0. The van der Waals surface area contributed by atoms with Crippen molar-refractivity contribution in [1.29, 1.82) is 0 Å². The number of benzene rings is 1. The summed E-state index contributed by atoms with van der Waals surface area (Å²) < 4.78 is 0. The van der Waals surface area contributed by atoms with Gasteiger partial charge in [0.1, 0.15) is 0 Å². The highest BCUT2D eigenvalue weighted by Crippen LogP contribution is 2.26. The van der Waals surface area contributed by atoms with Crippen molar-refractivity contribution in [2.75, 3.05) is 11.1 Å². The van der Waals surface area contributed by atoms with Gasteiger partial charge in [0.2, 0.25) is 5.91 Å². The maximum Gasteiger partial charge on any atom is 0.227 e. The van der Waals surface area contributed by atoms with Gasteiger partial charge < -0.3 is 11.1 Å². The Morgan fingerprint density at radius 2 is 2.12 bits per heavy atom. The number of carbonyl (C=O) groups excluding carboxylic acids is 1. The second kappa shape index (κ2) is 5.21. The van der Waals surface area contributed by atoms with Crippen LogP contribution in [0.2, 0.25) is 0 Å². The highest BCUT2D eigenvalue weighted by atomic mass is 16.1. The van der Waals surface area contributed by atoms with Crippen molar-refractivity contribution in [3.8, 4) is 0 Å². The largest absolute Gasteiger partial charge is 0.398 e. The van der Waals surface area contributed by atoms with E-state index in [0.29, 0.717) is 0 Å². The first-order valence-corrected chi connectivity index (χ1v) is 6.40. The third kappa shape index (κ3) is 2.78. The molecule has 0 bridgehead atoms. The van der Waals surface area contributed by atoms with Crippen LogP contribution in [0.25, 0.3) is 0 Å². The number of anilines is 2. The SMILES string of the molecule is CCc1ccc(NC(=O)C2CCCC2)cc1N. The Labute approximate surface area is 102 Å². The van der Waals surface area contributed by atoms with Gasteiger partial charge in [-0.3, -0.25) is 4.79 Å². The molecule has 3 N–H and O–H groups in total. The fraction of sp³-hybridized carbons (Fsp3) is 0.500. The minimum Gasteiger partial charge on any atom is -0.398 e. The molecule has 17 heavy (non-hydrogen) atoms. The zero-order valence-electron chi connectivity index (χ0n) is 10.3. The smallest absolute Gasteiger partial charge is 0.227 e. The monoisotopic (exact) mass is 232 g/mol. The van der Waals surface area contributed by atoms with E-state index >= 15 is 0 Å². The molecule has 0 radical (unpaired) electrons. The standard InChI is InChI=1S/C14H20N2O/c1-2-10-7-8-12(9-13(10)15)16-14(17)11-5-3-4-6-11/h7-9,11H,2-6,15H2,1H3,(H,16,17). The lowest BCUT2D eigenvalue weighted by molar-refractivity contribution is -0.119. The minimum atomic E-state index is 0.145. The van der Waals surface area contributed by atoms with Gasteiger partial charge in [-0.1, -0.05) is 25.8 Å². The van der Waals surface area contributed by atoms with E-state index in [0.717, 1.165) is 36.2 Å². The van der Waals surface area contributed by atoms with Crippen LogP contribution >= 0.6 is 0 Å². The second-order valence-electron chi connectivity index (χ2n) is 4.74. The molecule has 0 heterocycles. The summed E-state index contributed by atoms with van der Waals surface area (Å²) in [5.41, 5.74) is 8.62. The van der Waals surface area contributed by atoms with Gasteiger partial charge >= 0.3 is 0 Å². The van der Waals surface area contributed by atoms with Crippen LogP contribution in [0.15, 0.2) is 18.2 Å². The van der Waals surface area contributed by atoms with Crippen LogP contribution in [-0.4, -0.2) is 5.91 Å². The number of hydrogen-bond acceptors (Lipinski definition) is 2. The van der Waals surface area contributed by atoms with E-state index in [4.69, 9.17) is 5.73 Å². The molecule has 1 aromatic rings. The lowest BCUT2D eigenvalue weighted by Gasteiger charge is -2.12. The highest BCUT2D eigenvalue weighted by Gasteiger charge is 2.22. The van der Waals surface area contributed by atoms with Gasteiger partial charge in [-0.25, -0.2) is 0 Å². The first-order chi connectivity index (χ1) is 8.20. The van der Waals surface area contributed by atoms with Crippen LogP contribution in [0.1, 0.15) is 38.2 Å². The highest BCUT2D eigenvalue weighted by molar-refractivity contribution is 5.93. The molecule has 0 aliphatic heterocycles. The van der Waals surface area contributed by atoms with Crippen molar-refractivity contribution in [3.05, 3.63) is 23.8 Å². The molecule has 0 saturated heterocycles. The Hall–Kier alpha value is -1.51. The molecule has 1 aliphatic carbocycles. The molecule has 2 rings (SSSR count). The molecule has 1 saturated carbocycles. The van der Waals surface area contributed by atoms with Crippen LogP contribution in [0.3, 0.4) is 0 Å². The van der Waals surface area contributed by atoms with Crippen LogP contribution in [0.4, 0.5) is 11.4 Å². The first-order valence-electron chi connectivity index (χ1n) is 6.40. The Morgan fingerprint density at radius 1 is 1.41 bits per heavy atom. The van der Waals surface area contributed by atoms with Crippen molar-refractivity contribution < 1.29 is 4.79 Å². The van der Waals surface area contributed by atoms with Crippen LogP contribution in [-0.2, 0) is 11.2 Å². The van der Waals surface area contributed by atoms with E-state index in [2.05, 4.69) is 12.2 Å². The molecule has 1 aliphatic rings. The number of nitrogens with two attached hydrogens (primary N) is 1. The predicted octanol–water partition coefficient (Wildman–Crippen LogP) is 2.96. The Balaban J connectivity index is 2.03. The van der Waals surface area contributed by atoms with E-state index in [9.17, 15) is 4.79 Å². The van der Waals surface area contributed by atoms with E-state index in [1.165, 1.54) is 12.8 Å². The fourth-order valence-electron chi connectivity index (χ4n) is 2.43. The van der Waals surface area contributed by atoms with Crippen molar-refractivity contribution in [2.45, 2.75) is 39.0 Å². The number of aryl methyl sites for hydroxylation is 1. The molecular formula is C14H20N2O. The molecule has 1 amide bonds. The molecule has 1 aromatic carbocycles. The van der Waals surface area contributed by atoms with Gasteiger partial charge in [0.05, 0.1) is 0 Å². The summed E-state index contributed by atoms with van der Waals surface area (Å²) in [6, 6.07) is 5.77. The molecule has 0 aromatic heterocycles. The molecule has 1 fully saturated rings. The Bertz CT molecular complexity index is 409. The van der Waals surface area contributed by atoms with Gasteiger partial charge in [0, 0.05) is 17.3 Å². The van der Waals surface area contributed by atoms with Gasteiger partial charge in [-0.2, -0.15) is 0 Å². The number of hydrogen-bond donors (Lipinski definition) is 2. The van der Waals surface area contributed by atoms with Crippen molar-refractivity contribution in [2.24, 2.45) is 5.92 Å². The molecule has 0 spiro atoms. The molecule has 3 nitrogen and oxygen atoms in total. The zero-order chi connectivity index (χ0) is 12.3. The third-order valence-electron chi connectivity index (χ3n) is 3.52. The van der Waals surface area contributed by atoms with Gasteiger partial charge in [-0.05, 0) is 37.0 Å². The summed E-state index contributed by atoms with van der Waals surface area (Å²) in [5.74, 6) is 0.341. The molecule has 3 heteroatoms. The summed E-state index contributed by atoms with van der Waals surface area (Å²) >= 11 is 0. The summed E-state index contributed by atoms with van der Waals surface area (Å²) in [5, 5.41) is 2.96. The zero-order valence-corrected chi connectivity index (χ0v) is 10.3. The van der Waals surface area contributed by atoms with Gasteiger partial charge in [-0.15, -0.1) is 0 Å². The number of nitrogens with one attached hydrogen (secondary N) is 1. The number of amides is 1. The Kier molecular flexibility index (Phi) is 3.67. The summed E-state index contributed by atoms with van der Waals surface area (Å²) in [4.78, 5) is 11.9. The molecular weight excluding hydrogens is 212 g/mol. The number of carbonyl (C=O) groups is 1. The van der Waals surface area contributed by atoms with Crippen LogP contribution in [0.5, 0.6) is 0 Å². The van der Waals surface area contributed by atoms with Crippen molar-refractivity contribution in [3.63, 3.8) is 0 Å². The number of nitrogen functional groups attached to an aromatic ring is 1. The van der Waals surface area contributed by atoms with E-state index < -0.39 is 0 Å². The topological polar surface area (TPSA) is 55.1 Å². The van der Waals surface area contributed by atoms with Crippen molar-refractivity contribution >= 4 is 17.3 Å². The van der Waals surface area contributed by atoms with Crippen molar-refractivity contribution in [1.82, 2.24) is 0 Å². The van der Waals surface area contributed by atoms with Gasteiger partial charge in [0.15, 0.2) is 0 Å². The quantitative estimate of drug-likeness (QED) is 0.787. The van der Waals surface area contributed by atoms with Crippen LogP contribution < -0.4 is 11.1 Å². The third-order valence-corrected chi connectivity index (χ3v) is 3.52. The van der Waals surface area contributed by atoms with E-state index in [1.54, 1.807) is 0 Å². The van der Waals surface area contributed by atoms with E-state index in [1.807, 2.05) is 18.2 Å². The molecule has 92 valence electrons. The average Bonchev–Trinajstić information content (AvgIpc) is 2.82. The first kappa shape index (κ1) is 12.0. The lowest BCUT2D eigenvalue weighted by atomic mass is 10.1. The fourth-order valence-corrected chi connectivity index (χ4v) is 2.43. The maximum atomic E-state index is 11.9. The normalized spacial score (nSPS) is 16.1. The molecule has 0 atom stereocenters. The Morgan fingerprint density at radius 3 is 2.71 bits per heavy atom. The summed E-state index contributed by atoms with van der Waals surface area (Å²) in [6.07, 6.45) is 5.31. The lowest BCUT2D eigenvalue weighted by Crippen LogP contribution is -2.20. The van der Waals surface area contributed by atoms with Crippen LogP contribution in [0, 0.1) is 5.92 Å².